The van der Waals surface area contributed by atoms with Crippen LogP contribution in [-0.4, -0.2) is 138 Å². The van der Waals surface area contributed by atoms with Gasteiger partial charge < -0.3 is 47.4 Å². The molecule has 0 aromatic heterocycles. The van der Waals surface area contributed by atoms with Crippen molar-refractivity contribution in [2.75, 3.05) is 13.2 Å². The quantitative estimate of drug-likeness (QED) is 0.177. The highest BCUT2D eigenvalue weighted by atomic mass is 16.7. The second-order valence-electron chi connectivity index (χ2n) is 11.9. The first-order valence-electron chi connectivity index (χ1n) is 15.7. The topological polar surface area (TPSA) is 262 Å². The van der Waals surface area contributed by atoms with Gasteiger partial charge in [0.25, 0.3) is 6.02 Å². The number of hydrogen-bond acceptors (Lipinski definition) is 20. The molecule has 21 nitrogen and oxygen atoms in total. The third-order valence-electron chi connectivity index (χ3n) is 7.61. The van der Waals surface area contributed by atoms with Crippen LogP contribution in [0.1, 0.15) is 62.3 Å². The third-order valence-corrected chi connectivity index (χ3v) is 7.61. The molecule has 3 aliphatic rings. The Kier molecular flexibility index (Phi) is 13.3. The Morgan fingerprint density at radius 3 is 1.60 bits per heavy atom. The molecule has 288 valence electrons. The molecule has 0 bridgehead atoms. The van der Waals surface area contributed by atoms with Crippen LogP contribution in [0.3, 0.4) is 0 Å². The van der Waals surface area contributed by atoms with Crippen LogP contribution in [0.25, 0.3) is 0 Å². The summed E-state index contributed by atoms with van der Waals surface area (Å²) >= 11 is 0. The van der Waals surface area contributed by atoms with Crippen LogP contribution in [-0.2, 0) is 90.5 Å². The van der Waals surface area contributed by atoms with Crippen LogP contribution in [0.5, 0.6) is 0 Å². The number of hydrogen-bond donors (Lipinski definition) is 0. The Morgan fingerprint density at radius 1 is 0.615 bits per heavy atom. The standard InChI is InChI=1S/C31H40N2O19/c1-12(34)33-27-24(25(47-17(6)39)28(49-19(8)41)31(27,52-20(9)42)11-44-14(3)36)51-30(33)32-29-26(48-18(7)40)23(46-16(5)38)22(45-15(4)37)21(50-29)10-43-13(2)35/h21-29H,10-11H2,1-9H3/b32-30-/t21-,22-,23+,24-,25-,26-,27-,28+,29+,31+/m1/s1. The molecule has 0 N–H and O–H groups in total. The van der Waals surface area contributed by atoms with Gasteiger partial charge in [0.05, 0.1) is 0 Å². The van der Waals surface area contributed by atoms with Crippen LogP contribution in [0.4, 0.5) is 0 Å². The van der Waals surface area contributed by atoms with E-state index in [0.717, 1.165) is 67.2 Å². The summed E-state index contributed by atoms with van der Waals surface area (Å²) in [4.78, 5) is 117. The summed E-state index contributed by atoms with van der Waals surface area (Å²) in [6, 6.07) is -2.23. The first-order valence-corrected chi connectivity index (χ1v) is 15.7. The summed E-state index contributed by atoms with van der Waals surface area (Å²) in [6.45, 7) is 7.75. The Bertz CT molecular complexity index is 1510. The van der Waals surface area contributed by atoms with E-state index in [2.05, 4.69) is 4.99 Å². The normalized spacial score (nSPS) is 31.2. The van der Waals surface area contributed by atoms with Crippen molar-refractivity contribution in [3.8, 4) is 0 Å². The molecule has 1 saturated carbocycles. The van der Waals surface area contributed by atoms with E-state index in [0.29, 0.717) is 0 Å². The summed E-state index contributed by atoms with van der Waals surface area (Å²) in [6.07, 6.45) is -13.0. The Morgan fingerprint density at radius 2 is 1.12 bits per heavy atom. The molecule has 21 heteroatoms. The molecule has 3 fully saturated rings. The van der Waals surface area contributed by atoms with Gasteiger partial charge in [0.15, 0.2) is 42.9 Å². The number of ether oxygens (including phenoxy) is 10. The number of carbonyl (C=O) groups excluding carboxylic acids is 9. The van der Waals surface area contributed by atoms with Crippen LogP contribution in [0.2, 0.25) is 0 Å². The fourth-order valence-corrected chi connectivity index (χ4v) is 6.18. The summed E-state index contributed by atoms with van der Waals surface area (Å²) in [5, 5.41) is 0. The van der Waals surface area contributed by atoms with Crippen molar-refractivity contribution in [2.24, 2.45) is 4.99 Å². The predicted octanol–water partition coefficient (Wildman–Crippen LogP) is -1.22. The van der Waals surface area contributed by atoms with Crippen LogP contribution < -0.4 is 0 Å². The number of nitrogens with zero attached hydrogens (tertiary/aromatic N) is 2. The van der Waals surface area contributed by atoms with Gasteiger partial charge in [0, 0.05) is 62.3 Å². The average Bonchev–Trinajstić information content (AvgIpc) is 3.46. The number of aliphatic imine (C=N–C) groups is 1. The number of esters is 8. The van der Waals surface area contributed by atoms with E-state index in [1.807, 2.05) is 0 Å². The molecule has 52 heavy (non-hydrogen) atoms. The number of fused-ring (bicyclic) bond motifs is 1. The number of amidine groups is 1. The lowest BCUT2D eigenvalue weighted by atomic mass is 9.94. The van der Waals surface area contributed by atoms with Gasteiger partial charge in [-0.15, -0.1) is 0 Å². The number of amides is 1. The zero-order valence-corrected chi connectivity index (χ0v) is 29.8. The van der Waals surface area contributed by atoms with Gasteiger partial charge in [-0.3, -0.25) is 48.1 Å². The van der Waals surface area contributed by atoms with Crippen LogP contribution in [0.15, 0.2) is 4.99 Å². The van der Waals surface area contributed by atoms with Crippen molar-refractivity contribution in [1.29, 1.82) is 0 Å². The Balaban J connectivity index is 2.30. The van der Waals surface area contributed by atoms with Gasteiger partial charge in [-0.2, -0.15) is 4.99 Å². The zero-order chi connectivity index (χ0) is 39.2. The SMILES string of the molecule is CC(=O)OC[C@H]1O[C@H](/N=C2\O[C@@H]3[C@@H](OC(C)=O)[C@H](OC(C)=O)[C@@](COC(C)=O)(OC(C)=O)[C@@H]3N2C(C)=O)[C@H](OC(C)=O)[C@@H](OC(C)=O)[C@@H]1OC(C)=O. The van der Waals surface area contributed by atoms with E-state index in [4.69, 9.17) is 47.4 Å². The molecule has 0 unspecified atom stereocenters. The third kappa shape index (κ3) is 9.50. The molecule has 10 atom stereocenters. The highest BCUT2D eigenvalue weighted by Crippen LogP contribution is 2.47. The van der Waals surface area contributed by atoms with E-state index in [-0.39, 0.29) is 0 Å². The molecule has 2 heterocycles. The first-order chi connectivity index (χ1) is 24.2. The minimum Gasteiger partial charge on any atom is -0.463 e. The molecular weight excluding hydrogens is 704 g/mol. The highest BCUT2D eigenvalue weighted by molar-refractivity contribution is 5.96. The molecule has 0 aromatic rings. The molecule has 0 aromatic carbocycles. The maximum atomic E-state index is 13.5. The van der Waals surface area contributed by atoms with Gasteiger partial charge in [0.2, 0.25) is 11.5 Å². The second kappa shape index (κ2) is 16.8. The molecular formula is C31H40N2O19. The second-order valence-corrected chi connectivity index (χ2v) is 11.9. The molecule has 1 amide bonds. The van der Waals surface area contributed by atoms with Crippen LogP contribution >= 0.6 is 0 Å². The fraction of sp³-hybridized carbons (Fsp3) is 0.677. The van der Waals surface area contributed by atoms with Gasteiger partial charge >= 0.3 is 47.8 Å². The molecule has 2 saturated heterocycles. The van der Waals surface area contributed by atoms with E-state index < -0.39 is 133 Å². The minimum absolute atomic E-state index is 0.599. The number of rotatable bonds is 11. The fourth-order valence-electron chi connectivity index (χ4n) is 6.18. The van der Waals surface area contributed by atoms with E-state index in [9.17, 15) is 43.2 Å². The van der Waals surface area contributed by atoms with Crippen molar-refractivity contribution in [2.45, 2.75) is 123 Å². The molecule has 3 rings (SSSR count). The lowest BCUT2D eigenvalue weighted by Gasteiger charge is -2.43. The summed E-state index contributed by atoms with van der Waals surface area (Å²) in [7, 11) is 0. The van der Waals surface area contributed by atoms with Gasteiger partial charge in [-0.1, -0.05) is 0 Å². The maximum absolute atomic E-state index is 13.5. The molecule has 1 aliphatic carbocycles. The highest BCUT2D eigenvalue weighted by Gasteiger charge is 2.74. The summed E-state index contributed by atoms with van der Waals surface area (Å²) < 4.78 is 55.3. The Hall–Kier alpha value is -5.34. The van der Waals surface area contributed by atoms with Gasteiger partial charge in [-0.25, -0.2) is 0 Å². The van der Waals surface area contributed by atoms with E-state index >= 15 is 0 Å². The first kappa shape index (κ1) is 41.1. The lowest BCUT2D eigenvalue weighted by Crippen LogP contribution is -2.63. The van der Waals surface area contributed by atoms with Crippen LogP contribution in [0, 0.1) is 0 Å². The summed E-state index contributed by atoms with van der Waals surface area (Å²) in [5.74, 6) is -8.12. The largest absolute Gasteiger partial charge is 0.463 e. The Labute approximate surface area is 296 Å². The number of carbonyl (C=O) groups is 9. The van der Waals surface area contributed by atoms with Gasteiger partial charge in [-0.05, 0) is 0 Å². The van der Waals surface area contributed by atoms with Gasteiger partial charge in [0.1, 0.15) is 25.4 Å². The smallest absolute Gasteiger partial charge is 0.303 e. The minimum atomic E-state index is -2.29. The monoisotopic (exact) mass is 744 g/mol. The van der Waals surface area contributed by atoms with Crippen molar-refractivity contribution in [1.82, 2.24) is 4.90 Å². The molecule has 0 radical (unpaired) electrons. The van der Waals surface area contributed by atoms with Crippen molar-refractivity contribution in [3.63, 3.8) is 0 Å². The predicted molar refractivity (Wildman–Crippen MR) is 163 cm³/mol. The lowest BCUT2D eigenvalue weighted by molar-refractivity contribution is -0.251. The summed E-state index contributed by atoms with van der Waals surface area (Å²) in [5.41, 5.74) is -2.29. The molecule has 0 spiro atoms. The average molecular weight is 745 g/mol. The van der Waals surface area contributed by atoms with Crippen molar-refractivity contribution in [3.05, 3.63) is 0 Å². The zero-order valence-electron chi connectivity index (χ0n) is 29.8. The maximum Gasteiger partial charge on any atom is 0.303 e. The van der Waals surface area contributed by atoms with Crippen molar-refractivity contribution < 1.29 is 90.5 Å². The van der Waals surface area contributed by atoms with E-state index in [1.165, 1.54) is 0 Å². The van der Waals surface area contributed by atoms with Crippen molar-refractivity contribution >= 4 is 59.7 Å². The van der Waals surface area contributed by atoms with E-state index in [1.54, 1.807) is 0 Å². The molecule has 2 aliphatic heterocycles.